The van der Waals surface area contributed by atoms with E-state index in [0.717, 1.165) is 10.0 Å². The van der Waals surface area contributed by atoms with Crippen molar-refractivity contribution in [3.05, 3.63) is 58.1 Å². The van der Waals surface area contributed by atoms with E-state index in [0.29, 0.717) is 24.3 Å². The Morgan fingerprint density at radius 2 is 1.83 bits per heavy atom. The first-order chi connectivity index (χ1) is 13.6. The van der Waals surface area contributed by atoms with Crippen LogP contribution in [0, 0.1) is 0 Å². The Labute approximate surface area is 181 Å². The lowest BCUT2D eigenvalue weighted by molar-refractivity contribution is -0.128. The molecule has 5 nitrogen and oxygen atoms in total. The molecule has 156 valence electrons. The fraction of sp³-hybridized carbons (Fsp3) is 0.391. The molecule has 2 aromatic carbocycles. The van der Waals surface area contributed by atoms with Gasteiger partial charge in [-0.2, -0.15) is 0 Å². The zero-order valence-electron chi connectivity index (χ0n) is 17.7. The predicted molar refractivity (Wildman–Crippen MR) is 120 cm³/mol. The quantitative estimate of drug-likeness (QED) is 0.646. The minimum Gasteiger partial charge on any atom is -0.483 e. The van der Waals surface area contributed by atoms with E-state index in [4.69, 9.17) is 4.74 Å². The first kappa shape index (κ1) is 22.9. The molecule has 0 spiro atoms. The molecule has 0 heterocycles. The second-order valence-corrected chi connectivity index (χ2v) is 9.07. The van der Waals surface area contributed by atoms with Crippen molar-refractivity contribution in [2.24, 2.45) is 0 Å². The highest BCUT2D eigenvalue weighted by Gasteiger charge is 2.16. The number of nitrogens with one attached hydrogen (secondary N) is 1. The SMILES string of the molecule is CN(C)C(=O)CCc1cccc(NC(=O)COc2ccc(C(C)(C)C)cc2Br)c1. The summed E-state index contributed by atoms with van der Waals surface area (Å²) in [6.45, 7) is 6.35. The first-order valence-electron chi connectivity index (χ1n) is 9.58. The second-order valence-electron chi connectivity index (χ2n) is 8.22. The summed E-state index contributed by atoms with van der Waals surface area (Å²) >= 11 is 3.52. The number of carbonyl (C=O) groups excluding carboxylic acids is 2. The highest BCUT2D eigenvalue weighted by Crippen LogP contribution is 2.31. The molecule has 2 amide bonds. The molecule has 0 aliphatic heterocycles. The number of aryl methyl sites for hydroxylation is 1. The van der Waals surface area contributed by atoms with Gasteiger partial charge in [0.25, 0.3) is 5.91 Å². The third-order valence-corrected chi connectivity index (χ3v) is 5.11. The van der Waals surface area contributed by atoms with Crippen LogP contribution >= 0.6 is 15.9 Å². The molecule has 0 bridgehead atoms. The van der Waals surface area contributed by atoms with Gasteiger partial charge in [-0.1, -0.05) is 39.0 Å². The zero-order chi connectivity index (χ0) is 21.6. The number of ether oxygens (including phenoxy) is 1. The Bertz CT molecular complexity index is 873. The fourth-order valence-corrected chi connectivity index (χ4v) is 3.20. The van der Waals surface area contributed by atoms with E-state index in [1.54, 1.807) is 19.0 Å². The van der Waals surface area contributed by atoms with Gasteiger partial charge in [0, 0.05) is 26.2 Å². The standard InChI is InChI=1S/C23H29BrN2O3/c1-23(2,3)17-10-11-20(19(24)14-17)29-15-21(27)25-18-8-6-7-16(13-18)9-12-22(28)26(4)5/h6-8,10-11,13-14H,9,12,15H2,1-5H3,(H,25,27). The Kier molecular flexibility index (Phi) is 7.85. The number of hydrogen-bond acceptors (Lipinski definition) is 3. The Hall–Kier alpha value is -2.34. The van der Waals surface area contributed by atoms with Crippen molar-refractivity contribution in [1.29, 1.82) is 0 Å². The Morgan fingerprint density at radius 1 is 1.10 bits per heavy atom. The summed E-state index contributed by atoms with van der Waals surface area (Å²) in [6, 6.07) is 13.4. The molecule has 29 heavy (non-hydrogen) atoms. The van der Waals surface area contributed by atoms with Crippen LogP contribution in [0.4, 0.5) is 5.69 Å². The molecule has 0 aromatic heterocycles. The highest BCUT2D eigenvalue weighted by molar-refractivity contribution is 9.10. The van der Waals surface area contributed by atoms with Crippen LogP contribution in [0.2, 0.25) is 0 Å². The van der Waals surface area contributed by atoms with E-state index in [1.807, 2.05) is 42.5 Å². The molecule has 6 heteroatoms. The maximum absolute atomic E-state index is 12.3. The van der Waals surface area contributed by atoms with Crippen LogP contribution in [0.25, 0.3) is 0 Å². The number of rotatable bonds is 7. The van der Waals surface area contributed by atoms with Gasteiger partial charge < -0.3 is 15.0 Å². The Balaban J connectivity index is 1.91. The molecule has 0 unspecified atom stereocenters. The summed E-state index contributed by atoms with van der Waals surface area (Å²) in [4.78, 5) is 25.6. The number of carbonyl (C=O) groups is 2. The molecule has 2 rings (SSSR count). The van der Waals surface area contributed by atoms with Crippen molar-refractivity contribution < 1.29 is 14.3 Å². The maximum Gasteiger partial charge on any atom is 0.262 e. The van der Waals surface area contributed by atoms with E-state index in [2.05, 4.69) is 42.0 Å². The van der Waals surface area contributed by atoms with E-state index in [9.17, 15) is 9.59 Å². The lowest BCUT2D eigenvalue weighted by Crippen LogP contribution is -2.22. The molecule has 0 saturated carbocycles. The molecular formula is C23H29BrN2O3. The van der Waals surface area contributed by atoms with Crippen LogP contribution in [0.15, 0.2) is 46.9 Å². The van der Waals surface area contributed by atoms with Gasteiger partial charge in [-0.05, 0) is 63.2 Å². The van der Waals surface area contributed by atoms with Crippen molar-refractivity contribution in [3.8, 4) is 5.75 Å². The minimum atomic E-state index is -0.238. The van der Waals surface area contributed by atoms with Crippen LogP contribution in [0.1, 0.15) is 38.3 Å². The molecule has 0 saturated heterocycles. The third-order valence-electron chi connectivity index (χ3n) is 4.49. The van der Waals surface area contributed by atoms with Crippen LogP contribution in [-0.4, -0.2) is 37.4 Å². The molecule has 2 aromatic rings. The molecule has 0 aliphatic rings. The van der Waals surface area contributed by atoms with Gasteiger partial charge in [0.1, 0.15) is 5.75 Å². The molecule has 0 aliphatic carbocycles. The first-order valence-corrected chi connectivity index (χ1v) is 10.4. The van der Waals surface area contributed by atoms with E-state index >= 15 is 0 Å². The number of halogens is 1. The van der Waals surface area contributed by atoms with Crippen LogP contribution in [-0.2, 0) is 21.4 Å². The highest BCUT2D eigenvalue weighted by atomic mass is 79.9. The lowest BCUT2D eigenvalue weighted by Gasteiger charge is -2.20. The zero-order valence-corrected chi connectivity index (χ0v) is 19.3. The number of anilines is 1. The largest absolute Gasteiger partial charge is 0.483 e. The average Bonchev–Trinajstić information content (AvgIpc) is 2.64. The average molecular weight is 461 g/mol. The van der Waals surface area contributed by atoms with Crippen molar-refractivity contribution >= 4 is 33.4 Å². The van der Waals surface area contributed by atoms with E-state index in [1.165, 1.54) is 5.56 Å². The summed E-state index contributed by atoms with van der Waals surface area (Å²) < 4.78 is 6.49. The van der Waals surface area contributed by atoms with Gasteiger partial charge in [0.15, 0.2) is 6.61 Å². The summed E-state index contributed by atoms with van der Waals surface area (Å²) in [7, 11) is 3.49. The molecule has 0 fully saturated rings. The smallest absolute Gasteiger partial charge is 0.262 e. The van der Waals surface area contributed by atoms with Gasteiger partial charge in [-0.3, -0.25) is 9.59 Å². The van der Waals surface area contributed by atoms with Crippen LogP contribution in [0.5, 0.6) is 5.75 Å². The fourth-order valence-electron chi connectivity index (χ4n) is 2.70. The van der Waals surface area contributed by atoms with Crippen molar-refractivity contribution in [2.75, 3.05) is 26.0 Å². The lowest BCUT2D eigenvalue weighted by atomic mass is 9.87. The number of benzene rings is 2. The van der Waals surface area contributed by atoms with Gasteiger partial charge in [0.2, 0.25) is 5.91 Å². The molecule has 0 radical (unpaired) electrons. The second kappa shape index (κ2) is 9.92. The van der Waals surface area contributed by atoms with Gasteiger partial charge in [-0.15, -0.1) is 0 Å². The summed E-state index contributed by atoms with van der Waals surface area (Å²) in [6.07, 6.45) is 1.07. The summed E-state index contributed by atoms with van der Waals surface area (Å²) in [5.74, 6) is 0.471. The monoisotopic (exact) mass is 460 g/mol. The van der Waals surface area contributed by atoms with E-state index < -0.39 is 0 Å². The predicted octanol–water partition coefficient (Wildman–Crippen LogP) is 4.78. The number of hydrogen-bond donors (Lipinski definition) is 1. The van der Waals surface area contributed by atoms with Gasteiger partial charge in [-0.25, -0.2) is 0 Å². The molecule has 1 N–H and O–H groups in total. The van der Waals surface area contributed by atoms with Crippen molar-refractivity contribution in [3.63, 3.8) is 0 Å². The minimum absolute atomic E-state index is 0.0423. The molecular weight excluding hydrogens is 432 g/mol. The van der Waals surface area contributed by atoms with Crippen LogP contribution in [0.3, 0.4) is 0 Å². The van der Waals surface area contributed by atoms with Crippen molar-refractivity contribution in [2.45, 2.75) is 39.0 Å². The Morgan fingerprint density at radius 3 is 2.45 bits per heavy atom. The normalized spacial score (nSPS) is 11.1. The third kappa shape index (κ3) is 7.20. The summed E-state index contributed by atoms with van der Waals surface area (Å²) in [5, 5.41) is 2.84. The molecule has 0 atom stereocenters. The summed E-state index contributed by atoms with van der Waals surface area (Å²) in [5.41, 5.74) is 2.92. The van der Waals surface area contributed by atoms with Gasteiger partial charge in [0.05, 0.1) is 4.47 Å². The maximum atomic E-state index is 12.3. The van der Waals surface area contributed by atoms with Gasteiger partial charge >= 0.3 is 0 Å². The van der Waals surface area contributed by atoms with Crippen molar-refractivity contribution in [1.82, 2.24) is 4.90 Å². The number of nitrogens with zero attached hydrogens (tertiary/aromatic N) is 1. The topological polar surface area (TPSA) is 58.6 Å². The van der Waals surface area contributed by atoms with Crippen LogP contribution < -0.4 is 10.1 Å². The number of amides is 2. The van der Waals surface area contributed by atoms with E-state index in [-0.39, 0.29) is 23.8 Å².